The van der Waals surface area contributed by atoms with E-state index in [2.05, 4.69) is 5.32 Å². The van der Waals surface area contributed by atoms with Crippen molar-refractivity contribution in [2.24, 2.45) is 5.92 Å². The van der Waals surface area contributed by atoms with Crippen LogP contribution >= 0.6 is 0 Å². The Morgan fingerprint density at radius 1 is 1.20 bits per heavy atom. The molecule has 0 spiro atoms. The summed E-state index contributed by atoms with van der Waals surface area (Å²) in [5.41, 5.74) is 1.53. The zero-order chi connectivity index (χ0) is 14.9. The molecular formula is C15H19NO4. The third-order valence-corrected chi connectivity index (χ3v) is 3.83. The Kier molecular flexibility index (Phi) is 4.09. The third kappa shape index (κ3) is 2.82. The second-order valence-corrected chi connectivity index (χ2v) is 5.46. The van der Waals surface area contributed by atoms with Crippen LogP contribution < -0.4 is 5.32 Å². The van der Waals surface area contributed by atoms with E-state index in [-0.39, 0.29) is 29.1 Å². The number of aryl methyl sites for hydroxylation is 2. The van der Waals surface area contributed by atoms with Crippen LogP contribution in [0.3, 0.4) is 0 Å². The molecule has 0 unspecified atom stereocenters. The van der Waals surface area contributed by atoms with Crippen LogP contribution in [0.15, 0.2) is 12.1 Å². The number of aromatic carboxylic acids is 1. The largest absolute Gasteiger partial charge is 0.478 e. The van der Waals surface area contributed by atoms with E-state index in [1.807, 2.05) is 0 Å². The van der Waals surface area contributed by atoms with Gasteiger partial charge in [-0.15, -0.1) is 0 Å². The highest BCUT2D eigenvalue weighted by Crippen LogP contribution is 2.26. The van der Waals surface area contributed by atoms with Crippen LogP contribution in [0.25, 0.3) is 0 Å². The van der Waals surface area contributed by atoms with Gasteiger partial charge in [-0.05, 0) is 43.7 Å². The molecule has 0 bridgehead atoms. The first-order chi connectivity index (χ1) is 9.40. The number of carbonyl (C=O) groups excluding carboxylic acids is 1. The Morgan fingerprint density at radius 3 is 2.25 bits per heavy atom. The topological polar surface area (TPSA) is 86.6 Å². The molecule has 5 heteroatoms. The molecule has 1 aromatic rings. The van der Waals surface area contributed by atoms with Gasteiger partial charge >= 0.3 is 5.97 Å². The lowest BCUT2D eigenvalue weighted by atomic mass is 9.82. The average molecular weight is 277 g/mol. The van der Waals surface area contributed by atoms with Crippen molar-refractivity contribution in [3.8, 4) is 0 Å². The first-order valence-corrected chi connectivity index (χ1v) is 6.70. The summed E-state index contributed by atoms with van der Waals surface area (Å²) in [5, 5.41) is 21.3. The van der Waals surface area contributed by atoms with Crippen molar-refractivity contribution in [1.29, 1.82) is 0 Å². The number of carboxylic acid groups (broad SMARTS) is 1. The lowest BCUT2D eigenvalue weighted by Crippen LogP contribution is -2.39. The summed E-state index contributed by atoms with van der Waals surface area (Å²) < 4.78 is 0. The minimum absolute atomic E-state index is 0.0659. The first kappa shape index (κ1) is 14.5. The molecule has 0 aliphatic heterocycles. The number of nitrogens with one attached hydrogen (secondary N) is 1. The summed E-state index contributed by atoms with van der Waals surface area (Å²) in [6.07, 6.45) is 1.13. The predicted octanol–water partition coefficient (Wildman–Crippen LogP) is 1.50. The number of hydrogen-bond acceptors (Lipinski definition) is 3. The normalized spacial score (nSPS) is 21.1. The summed E-state index contributed by atoms with van der Waals surface area (Å²) in [4.78, 5) is 23.6. The van der Waals surface area contributed by atoms with E-state index in [0.717, 1.165) is 0 Å². The average Bonchev–Trinajstić information content (AvgIpc) is 2.34. The van der Waals surface area contributed by atoms with Gasteiger partial charge in [0.2, 0.25) is 0 Å². The van der Waals surface area contributed by atoms with Gasteiger partial charge in [0.1, 0.15) is 0 Å². The first-order valence-electron chi connectivity index (χ1n) is 6.70. The molecule has 1 aromatic carbocycles. The molecule has 1 saturated carbocycles. The standard InChI is InChI=1S/C15H19NO4/c1-8-3-4-9(2)13(15(19)20)12(8)14(18)16-7-10-5-11(17)6-10/h3-4,10-11,17H,5-7H2,1-2H3,(H,16,18)(H,19,20). The number of rotatable bonds is 4. The van der Waals surface area contributed by atoms with Crippen molar-refractivity contribution in [2.75, 3.05) is 6.54 Å². The van der Waals surface area contributed by atoms with Crippen LogP contribution in [0.4, 0.5) is 0 Å². The van der Waals surface area contributed by atoms with Crippen molar-refractivity contribution < 1.29 is 19.8 Å². The number of benzene rings is 1. The van der Waals surface area contributed by atoms with Crippen molar-refractivity contribution in [3.05, 3.63) is 34.4 Å². The fraction of sp³-hybridized carbons (Fsp3) is 0.467. The van der Waals surface area contributed by atoms with Crippen molar-refractivity contribution in [2.45, 2.75) is 32.8 Å². The van der Waals surface area contributed by atoms with Crippen molar-refractivity contribution >= 4 is 11.9 Å². The molecule has 3 N–H and O–H groups in total. The number of aliphatic hydroxyl groups is 1. The minimum atomic E-state index is -1.09. The molecule has 0 saturated heterocycles. The number of aliphatic hydroxyl groups excluding tert-OH is 1. The molecule has 0 radical (unpaired) electrons. The van der Waals surface area contributed by atoms with Crippen molar-refractivity contribution in [3.63, 3.8) is 0 Å². The van der Waals surface area contributed by atoms with Crippen LogP contribution in [0, 0.1) is 19.8 Å². The Labute approximate surface area is 117 Å². The predicted molar refractivity (Wildman–Crippen MR) is 73.9 cm³/mol. The molecule has 0 atom stereocenters. The maximum absolute atomic E-state index is 12.2. The van der Waals surface area contributed by atoms with E-state index >= 15 is 0 Å². The second-order valence-electron chi connectivity index (χ2n) is 5.46. The molecule has 0 aromatic heterocycles. The van der Waals surface area contributed by atoms with E-state index in [9.17, 15) is 19.8 Å². The highest BCUT2D eigenvalue weighted by atomic mass is 16.4. The Morgan fingerprint density at radius 2 is 1.75 bits per heavy atom. The van der Waals surface area contributed by atoms with Gasteiger partial charge < -0.3 is 15.5 Å². The molecule has 20 heavy (non-hydrogen) atoms. The molecule has 1 amide bonds. The molecule has 1 fully saturated rings. The van der Waals surface area contributed by atoms with Gasteiger partial charge in [-0.25, -0.2) is 4.79 Å². The van der Waals surface area contributed by atoms with Crippen LogP contribution in [0.5, 0.6) is 0 Å². The minimum Gasteiger partial charge on any atom is -0.478 e. The molecule has 5 nitrogen and oxygen atoms in total. The maximum atomic E-state index is 12.2. The SMILES string of the molecule is Cc1ccc(C)c(C(=O)NCC2CC(O)C2)c1C(=O)O. The van der Waals surface area contributed by atoms with Crippen molar-refractivity contribution in [1.82, 2.24) is 5.32 Å². The van der Waals surface area contributed by atoms with E-state index in [1.54, 1.807) is 26.0 Å². The van der Waals surface area contributed by atoms with E-state index < -0.39 is 5.97 Å². The lowest BCUT2D eigenvalue weighted by Gasteiger charge is -2.31. The molecule has 0 heterocycles. The summed E-state index contributed by atoms with van der Waals surface area (Å²) in [6, 6.07) is 3.46. The molecule has 1 aliphatic rings. The van der Waals surface area contributed by atoms with Gasteiger partial charge in [-0.1, -0.05) is 12.1 Å². The fourth-order valence-electron chi connectivity index (χ4n) is 2.57. The van der Waals surface area contributed by atoms with Crippen LogP contribution in [-0.2, 0) is 0 Å². The molecule has 1 aliphatic carbocycles. The summed E-state index contributed by atoms with van der Waals surface area (Å²) >= 11 is 0. The third-order valence-electron chi connectivity index (χ3n) is 3.83. The van der Waals surface area contributed by atoms with E-state index in [1.165, 1.54) is 0 Å². The van der Waals surface area contributed by atoms with Gasteiger partial charge in [0.15, 0.2) is 0 Å². The number of carboxylic acids is 1. The zero-order valence-corrected chi connectivity index (χ0v) is 11.6. The highest BCUT2D eigenvalue weighted by Gasteiger charge is 2.28. The van der Waals surface area contributed by atoms with E-state index in [0.29, 0.717) is 30.5 Å². The quantitative estimate of drug-likeness (QED) is 0.778. The van der Waals surface area contributed by atoms with Gasteiger partial charge in [0.05, 0.1) is 17.2 Å². The van der Waals surface area contributed by atoms with E-state index in [4.69, 9.17) is 0 Å². The summed E-state index contributed by atoms with van der Waals surface area (Å²) in [5.74, 6) is -1.16. The monoisotopic (exact) mass is 277 g/mol. The molecule has 108 valence electrons. The van der Waals surface area contributed by atoms with Gasteiger partial charge in [0.25, 0.3) is 5.91 Å². The number of carbonyl (C=O) groups is 2. The number of hydrogen-bond donors (Lipinski definition) is 3. The molecular weight excluding hydrogens is 258 g/mol. The van der Waals surface area contributed by atoms with Gasteiger partial charge in [0, 0.05) is 6.54 Å². The maximum Gasteiger partial charge on any atom is 0.336 e. The zero-order valence-electron chi connectivity index (χ0n) is 11.6. The smallest absolute Gasteiger partial charge is 0.336 e. The van der Waals surface area contributed by atoms with Crippen LogP contribution in [0.1, 0.15) is 44.7 Å². The van der Waals surface area contributed by atoms with Crippen LogP contribution in [-0.4, -0.2) is 34.7 Å². The fourth-order valence-corrected chi connectivity index (χ4v) is 2.57. The Balaban J connectivity index is 2.16. The van der Waals surface area contributed by atoms with Gasteiger partial charge in [-0.3, -0.25) is 4.79 Å². The molecule has 2 rings (SSSR count). The highest BCUT2D eigenvalue weighted by molar-refractivity contribution is 6.06. The Hall–Kier alpha value is -1.88. The Bertz CT molecular complexity index is 547. The lowest BCUT2D eigenvalue weighted by molar-refractivity contribution is 0.0420. The van der Waals surface area contributed by atoms with Crippen LogP contribution in [0.2, 0.25) is 0 Å². The number of amides is 1. The summed E-state index contributed by atoms with van der Waals surface area (Å²) in [7, 11) is 0. The second kappa shape index (κ2) is 5.63. The van der Waals surface area contributed by atoms with Gasteiger partial charge in [-0.2, -0.15) is 0 Å². The summed E-state index contributed by atoms with van der Waals surface area (Å²) in [6.45, 7) is 3.89.